The monoisotopic (exact) mass is 242 g/mol. The average molecular weight is 242 g/mol. The van der Waals surface area contributed by atoms with Crippen molar-refractivity contribution in [2.45, 2.75) is 6.92 Å². The third-order valence-electron chi connectivity index (χ3n) is 3.29. The number of carbonyl (C=O) groups excluding carboxylic acids is 1. The summed E-state index contributed by atoms with van der Waals surface area (Å²) < 4.78 is 0. The molecule has 1 aromatic rings. The molecule has 0 spiro atoms. The van der Waals surface area contributed by atoms with Gasteiger partial charge >= 0.3 is 5.97 Å². The molecule has 0 radical (unpaired) electrons. The molecule has 0 saturated heterocycles. The standard InChI is InChI=1S/C15H14O3/c1-15(10-6-5-9-12(15)14(17)18)13(16)11-7-3-2-4-8-11/h2-10,12H,1H3,(H,17,18). The Bertz CT molecular complexity index is 528. The van der Waals surface area contributed by atoms with E-state index in [1.165, 1.54) is 0 Å². The van der Waals surface area contributed by atoms with E-state index in [-0.39, 0.29) is 5.78 Å². The van der Waals surface area contributed by atoms with E-state index in [1.807, 2.05) is 6.07 Å². The highest BCUT2D eigenvalue weighted by atomic mass is 16.4. The fourth-order valence-electron chi connectivity index (χ4n) is 2.19. The number of hydrogen-bond donors (Lipinski definition) is 1. The molecule has 1 aliphatic rings. The van der Waals surface area contributed by atoms with Gasteiger partial charge in [0.1, 0.15) is 0 Å². The highest BCUT2D eigenvalue weighted by Crippen LogP contribution is 2.36. The van der Waals surface area contributed by atoms with E-state index in [1.54, 1.807) is 55.5 Å². The molecule has 2 unspecified atom stereocenters. The molecule has 1 aliphatic carbocycles. The summed E-state index contributed by atoms with van der Waals surface area (Å²) in [6.07, 6.45) is 6.61. The molecular weight excluding hydrogens is 228 g/mol. The van der Waals surface area contributed by atoms with Crippen LogP contribution in [0.3, 0.4) is 0 Å². The van der Waals surface area contributed by atoms with Crippen molar-refractivity contribution in [3.63, 3.8) is 0 Å². The summed E-state index contributed by atoms with van der Waals surface area (Å²) in [6, 6.07) is 8.78. The third-order valence-corrected chi connectivity index (χ3v) is 3.29. The van der Waals surface area contributed by atoms with E-state index in [4.69, 9.17) is 0 Å². The first-order chi connectivity index (χ1) is 8.55. The molecule has 18 heavy (non-hydrogen) atoms. The van der Waals surface area contributed by atoms with Crippen molar-refractivity contribution in [1.82, 2.24) is 0 Å². The number of benzene rings is 1. The minimum absolute atomic E-state index is 0.170. The Labute approximate surface area is 105 Å². The summed E-state index contributed by atoms with van der Waals surface area (Å²) in [7, 11) is 0. The Balaban J connectivity index is 2.41. The van der Waals surface area contributed by atoms with Gasteiger partial charge < -0.3 is 5.11 Å². The average Bonchev–Trinajstić information content (AvgIpc) is 2.39. The lowest BCUT2D eigenvalue weighted by molar-refractivity contribution is -0.142. The van der Waals surface area contributed by atoms with Gasteiger partial charge in [0.25, 0.3) is 0 Å². The Morgan fingerprint density at radius 2 is 1.83 bits per heavy atom. The minimum atomic E-state index is -1.03. The molecule has 1 aromatic carbocycles. The zero-order valence-corrected chi connectivity index (χ0v) is 10.0. The maximum atomic E-state index is 12.5. The molecule has 2 atom stereocenters. The number of carbonyl (C=O) groups is 2. The molecule has 3 heteroatoms. The van der Waals surface area contributed by atoms with Crippen LogP contribution in [0.2, 0.25) is 0 Å². The molecule has 0 amide bonds. The number of ketones is 1. The summed E-state index contributed by atoms with van der Waals surface area (Å²) in [5.41, 5.74) is -0.492. The zero-order chi connectivity index (χ0) is 13.2. The lowest BCUT2D eigenvalue weighted by atomic mass is 9.69. The Kier molecular flexibility index (Phi) is 3.15. The largest absolute Gasteiger partial charge is 0.481 e. The number of carboxylic acids is 1. The Morgan fingerprint density at radius 1 is 1.17 bits per heavy atom. The van der Waals surface area contributed by atoms with Crippen LogP contribution in [0.4, 0.5) is 0 Å². The predicted molar refractivity (Wildman–Crippen MR) is 68.3 cm³/mol. The zero-order valence-electron chi connectivity index (χ0n) is 10.0. The van der Waals surface area contributed by atoms with Crippen molar-refractivity contribution in [2.75, 3.05) is 0 Å². The molecule has 0 fully saturated rings. The van der Waals surface area contributed by atoms with Crippen molar-refractivity contribution in [2.24, 2.45) is 11.3 Å². The molecule has 92 valence electrons. The van der Waals surface area contributed by atoms with Gasteiger partial charge in [-0.15, -0.1) is 0 Å². The van der Waals surface area contributed by atoms with E-state index in [2.05, 4.69) is 0 Å². The Hall–Kier alpha value is -2.16. The van der Waals surface area contributed by atoms with Crippen LogP contribution in [0.5, 0.6) is 0 Å². The van der Waals surface area contributed by atoms with E-state index >= 15 is 0 Å². The number of carboxylic acid groups (broad SMARTS) is 1. The van der Waals surface area contributed by atoms with Crippen LogP contribution < -0.4 is 0 Å². The SMILES string of the molecule is CC1(C(=O)c2ccccc2)C=CC=CC1C(=O)O. The number of rotatable bonds is 3. The summed E-state index contributed by atoms with van der Waals surface area (Å²) in [5.74, 6) is -1.98. The lowest BCUT2D eigenvalue weighted by Gasteiger charge is -2.31. The quantitative estimate of drug-likeness (QED) is 0.829. The fraction of sp³-hybridized carbons (Fsp3) is 0.200. The van der Waals surface area contributed by atoms with Gasteiger partial charge in [-0.3, -0.25) is 9.59 Å². The van der Waals surface area contributed by atoms with Crippen LogP contribution in [0.1, 0.15) is 17.3 Å². The van der Waals surface area contributed by atoms with Crippen LogP contribution >= 0.6 is 0 Å². The fourth-order valence-corrected chi connectivity index (χ4v) is 2.19. The molecule has 0 aliphatic heterocycles. The van der Waals surface area contributed by atoms with Crippen molar-refractivity contribution in [3.8, 4) is 0 Å². The van der Waals surface area contributed by atoms with Crippen LogP contribution in [0, 0.1) is 11.3 Å². The van der Waals surface area contributed by atoms with Gasteiger partial charge in [-0.2, -0.15) is 0 Å². The summed E-state index contributed by atoms with van der Waals surface area (Å²) in [4.78, 5) is 23.8. The second-order valence-electron chi connectivity index (χ2n) is 4.54. The molecule has 0 aromatic heterocycles. The first kappa shape index (κ1) is 12.3. The number of aliphatic carboxylic acids is 1. The molecule has 3 nitrogen and oxygen atoms in total. The molecule has 0 heterocycles. The second kappa shape index (κ2) is 4.61. The van der Waals surface area contributed by atoms with Crippen molar-refractivity contribution < 1.29 is 14.7 Å². The van der Waals surface area contributed by atoms with Gasteiger partial charge in [-0.1, -0.05) is 54.6 Å². The molecular formula is C15H14O3. The first-order valence-electron chi connectivity index (χ1n) is 5.74. The number of hydrogen-bond acceptors (Lipinski definition) is 2. The van der Waals surface area contributed by atoms with E-state index in [9.17, 15) is 14.7 Å². The lowest BCUT2D eigenvalue weighted by Crippen LogP contribution is -2.38. The second-order valence-corrected chi connectivity index (χ2v) is 4.54. The highest BCUT2D eigenvalue weighted by Gasteiger charge is 2.43. The number of allylic oxidation sites excluding steroid dienone is 3. The molecule has 0 bridgehead atoms. The maximum Gasteiger partial charge on any atom is 0.311 e. The molecule has 1 N–H and O–H groups in total. The van der Waals surface area contributed by atoms with Crippen LogP contribution in [-0.4, -0.2) is 16.9 Å². The summed E-state index contributed by atoms with van der Waals surface area (Å²) in [6.45, 7) is 1.67. The minimum Gasteiger partial charge on any atom is -0.481 e. The van der Waals surface area contributed by atoms with Crippen molar-refractivity contribution >= 4 is 11.8 Å². The smallest absolute Gasteiger partial charge is 0.311 e. The number of Topliss-reactive ketones (excluding diaryl/α,β-unsaturated/α-hetero) is 1. The van der Waals surface area contributed by atoms with Gasteiger partial charge in [0.05, 0.1) is 11.3 Å². The van der Waals surface area contributed by atoms with E-state index in [0.717, 1.165) is 0 Å². The Morgan fingerprint density at radius 3 is 2.44 bits per heavy atom. The highest BCUT2D eigenvalue weighted by molar-refractivity contribution is 6.04. The summed E-state index contributed by atoms with van der Waals surface area (Å²) in [5, 5.41) is 9.23. The van der Waals surface area contributed by atoms with Crippen LogP contribution in [0.15, 0.2) is 54.6 Å². The normalized spacial score (nSPS) is 25.9. The predicted octanol–water partition coefficient (Wildman–Crippen LogP) is 2.70. The van der Waals surface area contributed by atoms with Crippen LogP contribution in [-0.2, 0) is 4.79 Å². The van der Waals surface area contributed by atoms with Gasteiger partial charge in [0, 0.05) is 5.56 Å². The van der Waals surface area contributed by atoms with E-state index < -0.39 is 17.3 Å². The van der Waals surface area contributed by atoms with E-state index in [0.29, 0.717) is 5.56 Å². The van der Waals surface area contributed by atoms with Gasteiger partial charge in [0.2, 0.25) is 0 Å². The van der Waals surface area contributed by atoms with Crippen LogP contribution in [0.25, 0.3) is 0 Å². The summed E-state index contributed by atoms with van der Waals surface area (Å²) >= 11 is 0. The van der Waals surface area contributed by atoms with Crippen molar-refractivity contribution in [1.29, 1.82) is 0 Å². The van der Waals surface area contributed by atoms with Gasteiger partial charge in [-0.25, -0.2) is 0 Å². The van der Waals surface area contributed by atoms with Gasteiger partial charge in [-0.05, 0) is 6.92 Å². The first-order valence-corrected chi connectivity index (χ1v) is 5.74. The molecule has 2 rings (SSSR count). The topological polar surface area (TPSA) is 54.4 Å². The van der Waals surface area contributed by atoms with Gasteiger partial charge in [0.15, 0.2) is 5.78 Å². The molecule has 0 saturated carbocycles. The maximum absolute atomic E-state index is 12.5. The van der Waals surface area contributed by atoms with Crippen molar-refractivity contribution in [3.05, 3.63) is 60.2 Å². The third kappa shape index (κ3) is 1.99.